The summed E-state index contributed by atoms with van der Waals surface area (Å²) < 4.78 is 0. The van der Waals surface area contributed by atoms with Crippen LogP contribution in [-0.2, 0) is 11.3 Å². The second-order valence-electron chi connectivity index (χ2n) is 4.78. The van der Waals surface area contributed by atoms with Gasteiger partial charge in [-0.3, -0.25) is 0 Å². The summed E-state index contributed by atoms with van der Waals surface area (Å²) in [5, 5.41) is 4.25. The minimum Gasteiger partial charge on any atom is -0.396 e. The van der Waals surface area contributed by atoms with Crippen molar-refractivity contribution < 1.29 is 4.84 Å². The Bertz CT molecular complexity index is 380. The molecule has 1 aromatic rings. The number of oxime groups is 1. The smallest absolute Gasteiger partial charge is 0.114 e. The van der Waals surface area contributed by atoms with Gasteiger partial charge in [0.2, 0.25) is 0 Å². The van der Waals surface area contributed by atoms with Crippen LogP contribution >= 0.6 is 0 Å². The van der Waals surface area contributed by atoms with E-state index in [9.17, 15) is 0 Å². The van der Waals surface area contributed by atoms with E-state index in [1.807, 2.05) is 6.92 Å². The first kappa shape index (κ1) is 12.2. The van der Waals surface area contributed by atoms with Crippen molar-refractivity contribution in [2.45, 2.75) is 39.5 Å². The minimum absolute atomic E-state index is 0.587. The highest BCUT2D eigenvalue weighted by molar-refractivity contribution is 5.88. The van der Waals surface area contributed by atoms with Crippen LogP contribution in [0.1, 0.15) is 37.3 Å². The fourth-order valence-electron chi connectivity index (χ4n) is 2.40. The van der Waals surface area contributed by atoms with Gasteiger partial charge in [-0.1, -0.05) is 35.0 Å². The van der Waals surface area contributed by atoms with Crippen molar-refractivity contribution >= 4 is 5.71 Å². The molecule has 1 atom stereocenters. The third-order valence-electron chi connectivity index (χ3n) is 3.37. The Hall–Kier alpha value is -1.31. The van der Waals surface area contributed by atoms with Gasteiger partial charge in [0.25, 0.3) is 0 Å². The molecule has 1 aliphatic carbocycles. The summed E-state index contributed by atoms with van der Waals surface area (Å²) in [6, 6.07) is 8.82. The van der Waals surface area contributed by atoms with Crippen LogP contribution in [0.25, 0.3) is 0 Å². The van der Waals surface area contributed by atoms with Crippen molar-refractivity contribution in [1.82, 2.24) is 0 Å². The second kappa shape index (κ2) is 5.85. The van der Waals surface area contributed by atoms with Crippen LogP contribution < -0.4 is 0 Å². The lowest BCUT2D eigenvalue weighted by atomic mass is 9.96. The monoisotopic (exact) mass is 231 g/mol. The van der Waals surface area contributed by atoms with E-state index in [1.165, 1.54) is 29.7 Å². The topological polar surface area (TPSA) is 21.6 Å². The molecule has 0 N–H and O–H groups in total. The predicted octanol–water partition coefficient (Wildman–Crippen LogP) is 3.73. The van der Waals surface area contributed by atoms with Crippen molar-refractivity contribution in [1.29, 1.82) is 0 Å². The summed E-state index contributed by atoms with van der Waals surface area (Å²) in [5.74, 6) is 0.587. The van der Waals surface area contributed by atoms with Gasteiger partial charge in [-0.2, -0.15) is 0 Å². The van der Waals surface area contributed by atoms with Gasteiger partial charge in [0, 0.05) is 5.92 Å². The molecule has 2 heteroatoms. The summed E-state index contributed by atoms with van der Waals surface area (Å²) in [5.41, 5.74) is 3.99. The van der Waals surface area contributed by atoms with Crippen LogP contribution in [0.3, 0.4) is 0 Å². The summed E-state index contributed by atoms with van der Waals surface area (Å²) in [7, 11) is 0. The fourth-order valence-corrected chi connectivity index (χ4v) is 2.40. The average molecular weight is 231 g/mol. The summed E-state index contributed by atoms with van der Waals surface area (Å²) in [6.45, 7) is 4.77. The Balaban J connectivity index is 2.00. The van der Waals surface area contributed by atoms with Crippen molar-refractivity contribution in [3.8, 4) is 0 Å². The molecule has 1 aliphatic rings. The van der Waals surface area contributed by atoms with Gasteiger partial charge in [-0.15, -0.1) is 0 Å². The molecule has 0 amide bonds. The molecule has 1 saturated carbocycles. The molecule has 2 nitrogen and oxygen atoms in total. The highest BCUT2D eigenvalue weighted by Gasteiger charge is 2.23. The van der Waals surface area contributed by atoms with E-state index in [0.717, 1.165) is 12.8 Å². The van der Waals surface area contributed by atoms with Gasteiger partial charge in [-0.05, 0) is 45.1 Å². The molecule has 0 aliphatic heterocycles. The largest absolute Gasteiger partial charge is 0.396 e. The third-order valence-corrected chi connectivity index (χ3v) is 3.37. The first-order valence-corrected chi connectivity index (χ1v) is 6.54. The standard InChI is InChI=1S/C15H21NO/c1-3-17-16-15-6-4-5-14(15)11-13-9-7-12(2)8-10-13/h7-10,14H,3-6,11H2,1-2H3/b16-15+. The quantitative estimate of drug-likeness (QED) is 0.723. The van der Waals surface area contributed by atoms with E-state index in [4.69, 9.17) is 4.84 Å². The molecule has 1 fully saturated rings. The van der Waals surface area contributed by atoms with Crippen LogP contribution in [0.4, 0.5) is 0 Å². The van der Waals surface area contributed by atoms with E-state index >= 15 is 0 Å². The zero-order valence-corrected chi connectivity index (χ0v) is 10.8. The van der Waals surface area contributed by atoms with E-state index in [1.54, 1.807) is 0 Å². The van der Waals surface area contributed by atoms with Crippen molar-refractivity contribution in [3.63, 3.8) is 0 Å². The van der Waals surface area contributed by atoms with Crippen LogP contribution in [0, 0.1) is 12.8 Å². The Kier molecular flexibility index (Phi) is 4.18. The molecule has 0 spiro atoms. The molecule has 1 unspecified atom stereocenters. The lowest BCUT2D eigenvalue weighted by Crippen LogP contribution is -2.10. The maximum absolute atomic E-state index is 5.19. The van der Waals surface area contributed by atoms with E-state index in [0.29, 0.717) is 12.5 Å². The number of benzene rings is 1. The highest BCUT2D eigenvalue weighted by atomic mass is 16.6. The lowest BCUT2D eigenvalue weighted by Gasteiger charge is -2.11. The first-order chi connectivity index (χ1) is 8.29. The first-order valence-electron chi connectivity index (χ1n) is 6.54. The van der Waals surface area contributed by atoms with Crippen molar-refractivity contribution in [3.05, 3.63) is 35.4 Å². The number of hydrogen-bond acceptors (Lipinski definition) is 2. The van der Waals surface area contributed by atoms with E-state index in [2.05, 4.69) is 36.3 Å². The molecule has 1 aromatic carbocycles. The lowest BCUT2D eigenvalue weighted by molar-refractivity contribution is 0.157. The van der Waals surface area contributed by atoms with Gasteiger partial charge in [0.1, 0.15) is 6.61 Å². The highest BCUT2D eigenvalue weighted by Crippen LogP contribution is 2.26. The molecule has 92 valence electrons. The molecule has 0 heterocycles. The van der Waals surface area contributed by atoms with E-state index in [-0.39, 0.29) is 0 Å². The Morgan fingerprint density at radius 2 is 2.06 bits per heavy atom. The second-order valence-corrected chi connectivity index (χ2v) is 4.78. The Labute approximate surface area is 104 Å². The van der Waals surface area contributed by atoms with Crippen LogP contribution in [0.15, 0.2) is 29.4 Å². The summed E-state index contributed by atoms with van der Waals surface area (Å²) in [6.07, 6.45) is 4.71. The van der Waals surface area contributed by atoms with Crippen molar-refractivity contribution in [2.24, 2.45) is 11.1 Å². The molecular formula is C15H21NO. The fraction of sp³-hybridized carbons (Fsp3) is 0.533. The summed E-state index contributed by atoms with van der Waals surface area (Å²) in [4.78, 5) is 5.19. The molecule has 0 bridgehead atoms. The van der Waals surface area contributed by atoms with Gasteiger partial charge >= 0.3 is 0 Å². The van der Waals surface area contributed by atoms with Gasteiger partial charge in [-0.25, -0.2) is 0 Å². The van der Waals surface area contributed by atoms with Crippen LogP contribution in [0.2, 0.25) is 0 Å². The molecule has 0 radical (unpaired) electrons. The molecular weight excluding hydrogens is 210 g/mol. The predicted molar refractivity (Wildman–Crippen MR) is 71.3 cm³/mol. The van der Waals surface area contributed by atoms with Crippen molar-refractivity contribution in [2.75, 3.05) is 6.61 Å². The third kappa shape index (κ3) is 3.32. The van der Waals surface area contributed by atoms with E-state index < -0.39 is 0 Å². The van der Waals surface area contributed by atoms with Gasteiger partial charge in [0.15, 0.2) is 0 Å². The maximum atomic E-state index is 5.19. The van der Waals surface area contributed by atoms with Gasteiger partial charge in [0.05, 0.1) is 5.71 Å². The number of nitrogens with zero attached hydrogens (tertiary/aromatic N) is 1. The number of hydrogen-bond donors (Lipinski definition) is 0. The number of rotatable bonds is 4. The number of aryl methyl sites for hydroxylation is 1. The zero-order chi connectivity index (χ0) is 12.1. The Morgan fingerprint density at radius 1 is 1.29 bits per heavy atom. The minimum atomic E-state index is 0.587. The summed E-state index contributed by atoms with van der Waals surface area (Å²) >= 11 is 0. The Morgan fingerprint density at radius 3 is 2.76 bits per heavy atom. The maximum Gasteiger partial charge on any atom is 0.114 e. The molecule has 0 aromatic heterocycles. The van der Waals surface area contributed by atoms with Crippen LogP contribution in [-0.4, -0.2) is 12.3 Å². The van der Waals surface area contributed by atoms with Crippen LogP contribution in [0.5, 0.6) is 0 Å². The normalized spacial score (nSPS) is 22.0. The SMILES string of the molecule is CCO/N=C1\CCCC1Cc1ccc(C)cc1. The molecule has 0 saturated heterocycles. The average Bonchev–Trinajstić information content (AvgIpc) is 2.77. The van der Waals surface area contributed by atoms with Gasteiger partial charge < -0.3 is 4.84 Å². The molecule has 2 rings (SSSR count). The molecule has 17 heavy (non-hydrogen) atoms. The zero-order valence-electron chi connectivity index (χ0n) is 10.8.